The van der Waals surface area contributed by atoms with Gasteiger partial charge in [-0.2, -0.15) is 4.73 Å². The number of pyridine rings is 1. The van der Waals surface area contributed by atoms with Gasteiger partial charge in [0.2, 0.25) is 5.69 Å². The van der Waals surface area contributed by atoms with Crippen molar-refractivity contribution in [1.82, 2.24) is 9.55 Å². The van der Waals surface area contributed by atoms with Gasteiger partial charge in [-0.15, -0.1) is 0 Å². The van der Waals surface area contributed by atoms with E-state index in [0.717, 1.165) is 23.0 Å². The van der Waals surface area contributed by atoms with Crippen molar-refractivity contribution in [1.29, 1.82) is 0 Å². The molecule has 56 heavy (non-hydrogen) atoms. The van der Waals surface area contributed by atoms with Gasteiger partial charge in [0.15, 0.2) is 6.20 Å². The molecular formula is C37H37N6O12P. The molecule has 0 saturated carbocycles. The number of aromatic amines is 1. The second kappa shape index (κ2) is 17.2. The summed E-state index contributed by atoms with van der Waals surface area (Å²) in [4.78, 5) is 41.1. The Labute approximate surface area is 319 Å². The number of phosphoric ester groups is 1. The third-order valence-electron chi connectivity index (χ3n) is 9.09. The average molecular weight is 789 g/mol. The maximum atomic E-state index is 13.6. The van der Waals surface area contributed by atoms with E-state index >= 15 is 0 Å². The van der Waals surface area contributed by atoms with Crippen LogP contribution in [0.4, 0.5) is 0 Å². The van der Waals surface area contributed by atoms with E-state index in [1.165, 1.54) is 19.2 Å². The van der Waals surface area contributed by atoms with Crippen LogP contribution in [-0.4, -0.2) is 60.6 Å². The molecule has 0 spiro atoms. The zero-order valence-corrected chi connectivity index (χ0v) is 31.1. The molecule has 0 bridgehead atoms. The number of phosphoric acid groups is 1. The van der Waals surface area contributed by atoms with Crippen LogP contribution in [0.1, 0.15) is 28.6 Å². The van der Waals surface area contributed by atoms with Gasteiger partial charge in [0, 0.05) is 23.2 Å². The van der Waals surface area contributed by atoms with Crippen LogP contribution in [0.3, 0.4) is 0 Å². The minimum Gasteiger partial charge on any atom is -0.618 e. The fraction of sp³-hybridized carbons (Fsp3) is 0.270. The third kappa shape index (κ3) is 8.46. The summed E-state index contributed by atoms with van der Waals surface area (Å²) in [6.07, 6.45) is -2.17. The summed E-state index contributed by atoms with van der Waals surface area (Å²) in [7, 11) is -0.663. The Morgan fingerprint density at radius 2 is 1.54 bits per heavy atom. The van der Waals surface area contributed by atoms with Gasteiger partial charge in [-0.3, -0.25) is 23.4 Å². The zero-order valence-electron chi connectivity index (χ0n) is 30.2. The topological polar surface area (TPSA) is 232 Å². The fourth-order valence-electron chi connectivity index (χ4n) is 6.38. The summed E-state index contributed by atoms with van der Waals surface area (Å²) in [6, 6.07) is 25.8. The third-order valence-corrected chi connectivity index (χ3v) is 10.1. The Bertz CT molecular complexity index is 2290. The average Bonchev–Trinajstić information content (AvgIpc) is 3.53. The number of rotatable bonds is 16. The van der Waals surface area contributed by atoms with Crippen molar-refractivity contribution in [2.24, 2.45) is 5.11 Å². The van der Waals surface area contributed by atoms with E-state index in [-0.39, 0.29) is 5.69 Å². The molecule has 0 radical (unpaired) electrons. The first-order valence-corrected chi connectivity index (χ1v) is 18.4. The molecule has 2 N–H and O–H groups in total. The lowest BCUT2D eigenvalue weighted by Gasteiger charge is -2.37. The second-order valence-electron chi connectivity index (χ2n) is 12.3. The molecule has 5 atom stereocenters. The molecule has 0 aliphatic carbocycles. The maximum Gasteiger partial charge on any atom is 0.473 e. The number of hydrogen-bond acceptors (Lipinski definition) is 12. The second-order valence-corrected chi connectivity index (χ2v) is 13.7. The summed E-state index contributed by atoms with van der Waals surface area (Å²) in [5.41, 5.74) is 8.52. The predicted molar refractivity (Wildman–Crippen MR) is 198 cm³/mol. The molecule has 2 aromatic heterocycles. The first kappa shape index (κ1) is 39.7. The van der Waals surface area contributed by atoms with Crippen LogP contribution in [0, 0.1) is 5.21 Å². The van der Waals surface area contributed by atoms with E-state index < -0.39 is 62.4 Å². The molecule has 5 aromatic rings. The Morgan fingerprint density at radius 1 is 0.929 bits per heavy atom. The SMILES string of the molecule is COc1ccc(C(OC[C@H]2O[C@@H](n3ccc(=O)[nH]c3=O)[C@H](N=[N+]=[N-])[C@@H]2OP(=O)(O)OCc2cc(OC)cc[n+]2[O-])(c2ccccc2)c2ccc(OC)cc2)cc1. The number of H-pyrrole nitrogens is 1. The lowest BCUT2D eigenvalue weighted by molar-refractivity contribution is -0.616. The van der Waals surface area contributed by atoms with Crippen LogP contribution in [0.5, 0.6) is 17.2 Å². The highest BCUT2D eigenvalue weighted by Gasteiger charge is 2.51. The zero-order chi connectivity index (χ0) is 39.9. The van der Waals surface area contributed by atoms with E-state index in [4.69, 9.17) is 32.7 Å². The molecule has 6 rings (SSSR count). The van der Waals surface area contributed by atoms with E-state index in [2.05, 4.69) is 15.0 Å². The van der Waals surface area contributed by atoms with Crippen molar-refractivity contribution in [2.75, 3.05) is 27.9 Å². The summed E-state index contributed by atoms with van der Waals surface area (Å²) in [5.74, 6) is 1.46. The molecule has 1 aliphatic rings. The monoisotopic (exact) mass is 788 g/mol. The van der Waals surface area contributed by atoms with Crippen LogP contribution in [0.2, 0.25) is 0 Å². The van der Waals surface area contributed by atoms with Crippen molar-refractivity contribution in [2.45, 2.75) is 36.7 Å². The standard InChI is InChI=1S/C37H37N6O12P/c1-49-28-13-9-25(10-14-28)37(24-7-5-4-6-8-24,26-11-15-29(50-2)16-12-26)52-23-31-34(33(40-41-38)35(54-31)42-19-18-32(44)39-36(42)45)55-56(47,48)53-22-27-21-30(51-3)17-20-43(27)46/h4-21,31,33-35H,22-23H2,1-3H3,(H,47,48)(H,39,44,45)/t31-,33-,34-,35-/m1/s1. The Balaban J connectivity index is 1.43. The van der Waals surface area contributed by atoms with Gasteiger partial charge in [-0.25, -0.2) is 9.36 Å². The van der Waals surface area contributed by atoms with Gasteiger partial charge in [0.1, 0.15) is 53.9 Å². The van der Waals surface area contributed by atoms with Gasteiger partial charge in [-0.05, 0) is 46.5 Å². The molecule has 18 nitrogen and oxygen atoms in total. The number of aromatic nitrogens is 3. The number of nitrogens with zero attached hydrogens (tertiary/aromatic N) is 5. The van der Waals surface area contributed by atoms with Gasteiger partial charge >= 0.3 is 13.5 Å². The predicted octanol–water partition coefficient (Wildman–Crippen LogP) is 4.48. The van der Waals surface area contributed by atoms with Crippen LogP contribution in [0.25, 0.3) is 10.4 Å². The lowest BCUT2D eigenvalue weighted by atomic mass is 9.80. The minimum absolute atomic E-state index is 0.0827. The highest BCUT2D eigenvalue weighted by atomic mass is 31.2. The van der Waals surface area contributed by atoms with Crippen molar-refractivity contribution in [3.05, 3.63) is 168 Å². The van der Waals surface area contributed by atoms with E-state index in [9.17, 15) is 29.8 Å². The van der Waals surface area contributed by atoms with Crippen LogP contribution in [-0.2, 0) is 35.3 Å². The first-order chi connectivity index (χ1) is 27.0. The van der Waals surface area contributed by atoms with Crippen LogP contribution in [0.15, 0.2) is 124 Å². The molecule has 1 aliphatic heterocycles. The van der Waals surface area contributed by atoms with Gasteiger partial charge in [-0.1, -0.05) is 59.7 Å². The molecule has 3 heterocycles. The van der Waals surface area contributed by atoms with Crippen molar-refractivity contribution < 1.29 is 46.9 Å². The van der Waals surface area contributed by atoms with Gasteiger partial charge in [0.05, 0.1) is 34.0 Å². The molecule has 1 unspecified atom stereocenters. The van der Waals surface area contributed by atoms with Crippen molar-refractivity contribution in [3.63, 3.8) is 0 Å². The molecule has 0 amide bonds. The number of azide groups is 1. The summed E-state index contributed by atoms with van der Waals surface area (Å²) in [6.45, 7) is -1.11. The highest BCUT2D eigenvalue weighted by molar-refractivity contribution is 7.47. The number of methoxy groups -OCH3 is 3. The number of hydrogen-bond donors (Lipinski definition) is 2. The molecule has 1 saturated heterocycles. The number of nitrogens with one attached hydrogen (secondary N) is 1. The van der Waals surface area contributed by atoms with E-state index in [1.807, 2.05) is 54.6 Å². The maximum absolute atomic E-state index is 13.6. The van der Waals surface area contributed by atoms with Crippen LogP contribution >= 0.6 is 7.82 Å². The molecule has 19 heteroatoms. The normalized spacial score (nSPS) is 19.1. The van der Waals surface area contributed by atoms with E-state index in [1.54, 1.807) is 38.5 Å². The van der Waals surface area contributed by atoms with Gasteiger partial charge < -0.3 is 33.8 Å². The van der Waals surface area contributed by atoms with E-state index in [0.29, 0.717) is 38.7 Å². The quantitative estimate of drug-likeness (QED) is 0.0268. The Kier molecular flexibility index (Phi) is 12.2. The number of ether oxygens (including phenoxy) is 5. The minimum atomic E-state index is -5.13. The van der Waals surface area contributed by atoms with Crippen LogP contribution < -0.4 is 30.2 Å². The summed E-state index contributed by atoms with van der Waals surface area (Å²) < 4.78 is 55.2. The number of benzene rings is 3. The molecular weight excluding hydrogens is 751 g/mol. The molecule has 3 aromatic carbocycles. The summed E-state index contributed by atoms with van der Waals surface area (Å²) in [5, 5.41) is 16.2. The van der Waals surface area contributed by atoms with Gasteiger partial charge in [0.25, 0.3) is 5.56 Å². The Hall–Kier alpha value is -5.97. The highest BCUT2D eigenvalue weighted by Crippen LogP contribution is 2.50. The summed E-state index contributed by atoms with van der Waals surface area (Å²) >= 11 is 0. The molecule has 292 valence electrons. The van der Waals surface area contributed by atoms with Crippen molar-refractivity contribution in [3.8, 4) is 17.2 Å². The largest absolute Gasteiger partial charge is 0.618 e. The fourth-order valence-corrected chi connectivity index (χ4v) is 7.31. The van der Waals surface area contributed by atoms with Crippen molar-refractivity contribution >= 4 is 7.82 Å². The molecule has 1 fully saturated rings. The first-order valence-electron chi connectivity index (χ1n) is 16.9. The Morgan fingerprint density at radius 3 is 2.11 bits per heavy atom. The smallest absolute Gasteiger partial charge is 0.473 e. The lowest BCUT2D eigenvalue weighted by Crippen LogP contribution is -2.40.